The maximum atomic E-state index is 10.9. The van der Waals surface area contributed by atoms with Crippen molar-refractivity contribution in [3.05, 3.63) is 40.6 Å². The molecule has 0 aliphatic heterocycles. The van der Waals surface area contributed by atoms with E-state index >= 15 is 0 Å². The van der Waals surface area contributed by atoms with Crippen LogP contribution in [0.3, 0.4) is 0 Å². The molecule has 0 aliphatic rings. The first-order chi connectivity index (χ1) is 8.74. The number of thioether (sulfide) groups is 1. The molecule has 1 heterocycles. The number of non-ortho nitro benzene ring substituents is 1. The fraction of sp³-hybridized carbons (Fsp3) is 0.385. The predicted octanol–water partition coefficient (Wildman–Crippen LogP) is 3.69. The lowest BCUT2D eigenvalue weighted by atomic mass is 10.2. The zero-order valence-corrected chi connectivity index (χ0v) is 11.2. The van der Waals surface area contributed by atoms with Crippen LogP contribution in [0.15, 0.2) is 30.5 Å². The normalized spacial score (nSPS) is 10.9. The van der Waals surface area contributed by atoms with Crippen molar-refractivity contribution in [1.82, 2.24) is 4.57 Å². The molecule has 0 amide bonds. The highest BCUT2D eigenvalue weighted by Crippen LogP contribution is 2.26. The van der Waals surface area contributed by atoms with Crippen molar-refractivity contribution < 1.29 is 4.92 Å². The second-order valence-corrected chi connectivity index (χ2v) is 5.42. The Balaban J connectivity index is 2.20. The van der Waals surface area contributed by atoms with E-state index in [-0.39, 0.29) is 10.6 Å². The highest BCUT2D eigenvalue weighted by molar-refractivity contribution is 7.99. The minimum Gasteiger partial charge on any atom is -0.347 e. The minimum atomic E-state index is -0.320. The molecule has 0 radical (unpaired) electrons. The second kappa shape index (κ2) is 5.91. The molecule has 0 atom stereocenters. The van der Waals surface area contributed by atoms with Gasteiger partial charge in [-0.05, 0) is 30.1 Å². The van der Waals surface area contributed by atoms with Gasteiger partial charge in [-0.1, -0.05) is 13.0 Å². The molecule has 0 N–H and O–H groups in total. The first-order valence-electron chi connectivity index (χ1n) is 6.04. The third-order valence-electron chi connectivity index (χ3n) is 2.88. The fourth-order valence-electron chi connectivity index (χ4n) is 2.04. The number of benzene rings is 1. The maximum absolute atomic E-state index is 10.9. The molecule has 0 saturated heterocycles. The Labute approximate surface area is 110 Å². The van der Waals surface area contributed by atoms with E-state index in [1.165, 1.54) is 0 Å². The van der Waals surface area contributed by atoms with Gasteiger partial charge in [0, 0.05) is 18.8 Å². The third kappa shape index (κ3) is 2.67. The van der Waals surface area contributed by atoms with E-state index in [9.17, 15) is 10.1 Å². The second-order valence-electron chi connectivity index (χ2n) is 4.03. The van der Waals surface area contributed by atoms with E-state index in [1.54, 1.807) is 12.1 Å². The fourth-order valence-corrected chi connectivity index (χ4v) is 2.66. The van der Waals surface area contributed by atoms with Gasteiger partial charge in [-0.3, -0.25) is 10.1 Å². The number of hydrogen-bond donors (Lipinski definition) is 0. The summed E-state index contributed by atoms with van der Waals surface area (Å²) in [6.07, 6.45) is 3.03. The molecule has 0 fully saturated rings. The van der Waals surface area contributed by atoms with Crippen LogP contribution in [-0.4, -0.2) is 21.0 Å². The van der Waals surface area contributed by atoms with Crippen LogP contribution in [0.5, 0.6) is 0 Å². The Morgan fingerprint density at radius 2 is 2.22 bits per heavy atom. The number of rotatable bonds is 6. The average Bonchev–Trinajstić information content (AvgIpc) is 2.77. The number of aryl methyl sites for hydroxylation is 1. The minimum absolute atomic E-state index is 0.189. The van der Waals surface area contributed by atoms with Gasteiger partial charge in [-0.15, -0.1) is 0 Å². The van der Waals surface area contributed by atoms with Crippen LogP contribution < -0.4 is 0 Å². The molecule has 0 saturated carbocycles. The molecular weight excluding hydrogens is 248 g/mol. The summed E-state index contributed by atoms with van der Waals surface area (Å²) in [5.74, 6) is 2.27. The van der Waals surface area contributed by atoms with E-state index < -0.39 is 0 Å². The number of nitro groups is 1. The van der Waals surface area contributed by atoms with Crippen molar-refractivity contribution in [2.75, 3.05) is 11.5 Å². The Hall–Kier alpha value is -1.49. The van der Waals surface area contributed by atoms with Crippen LogP contribution in [-0.2, 0) is 6.54 Å². The summed E-state index contributed by atoms with van der Waals surface area (Å²) in [5, 5.41) is 11.6. The summed E-state index contributed by atoms with van der Waals surface area (Å²) in [5.41, 5.74) is 1.14. The lowest BCUT2D eigenvalue weighted by molar-refractivity contribution is -0.383. The Morgan fingerprint density at radius 3 is 2.94 bits per heavy atom. The molecule has 4 nitrogen and oxygen atoms in total. The van der Waals surface area contributed by atoms with Crippen molar-refractivity contribution >= 4 is 28.4 Å². The van der Waals surface area contributed by atoms with Crippen molar-refractivity contribution in [1.29, 1.82) is 0 Å². The quantitative estimate of drug-likeness (QED) is 0.454. The lowest BCUT2D eigenvalue weighted by Gasteiger charge is -2.04. The summed E-state index contributed by atoms with van der Waals surface area (Å²) in [6.45, 7) is 3.07. The van der Waals surface area contributed by atoms with Gasteiger partial charge in [0.15, 0.2) is 0 Å². The van der Waals surface area contributed by atoms with Crippen LogP contribution in [0.4, 0.5) is 5.69 Å². The standard InChI is InChI=1S/C13H16N2O2S/c1-2-18-10-4-8-14-9-7-11-12(14)5-3-6-13(11)15(16)17/h3,5-7,9H,2,4,8,10H2,1H3. The van der Waals surface area contributed by atoms with E-state index in [0.717, 1.165) is 35.4 Å². The molecule has 0 bridgehead atoms. The summed E-state index contributed by atoms with van der Waals surface area (Å²) in [7, 11) is 0. The van der Waals surface area contributed by atoms with Gasteiger partial charge >= 0.3 is 0 Å². The molecule has 18 heavy (non-hydrogen) atoms. The van der Waals surface area contributed by atoms with Gasteiger partial charge in [0.1, 0.15) is 0 Å². The summed E-state index contributed by atoms with van der Waals surface area (Å²) in [4.78, 5) is 10.6. The number of hydrogen-bond acceptors (Lipinski definition) is 3. The number of fused-ring (bicyclic) bond motifs is 1. The molecule has 0 unspecified atom stereocenters. The molecule has 0 aliphatic carbocycles. The van der Waals surface area contributed by atoms with E-state index in [1.807, 2.05) is 30.1 Å². The first-order valence-corrected chi connectivity index (χ1v) is 7.19. The Morgan fingerprint density at radius 1 is 1.39 bits per heavy atom. The van der Waals surface area contributed by atoms with E-state index in [4.69, 9.17) is 0 Å². The number of nitro benzene ring substituents is 1. The molecular formula is C13H16N2O2S. The van der Waals surface area contributed by atoms with Crippen LogP contribution in [0.25, 0.3) is 10.9 Å². The van der Waals surface area contributed by atoms with Crippen LogP contribution in [0, 0.1) is 10.1 Å². The molecule has 2 rings (SSSR count). The molecule has 1 aromatic heterocycles. The van der Waals surface area contributed by atoms with E-state index in [0.29, 0.717) is 0 Å². The molecule has 96 valence electrons. The van der Waals surface area contributed by atoms with Gasteiger partial charge in [0.05, 0.1) is 15.8 Å². The maximum Gasteiger partial charge on any atom is 0.278 e. The highest BCUT2D eigenvalue weighted by Gasteiger charge is 2.13. The van der Waals surface area contributed by atoms with Crippen LogP contribution >= 0.6 is 11.8 Å². The predicted molar refractivity (Wildman–Crippen MR) is 76.2 cm³/mol. The van der Waals surface area contributed by atoms with E-state index in [2.05, 4.69) is 11.5 Å². The molecule has 5 heteroatoms. The van der Waals surface area contributed by atoms with Crippen molar-refractivity contribution in [3.63, 3.8) is 0 Å². The van der Waals surface area contributed by atoms with Crippen molar-refractivity contribution in [3.8, 4) is 0 Å². The lowest BCUT2D eigenvalue weighted by Crippen LogP contribution is -1.97. The molecule has 1 aromatic carbocycles. The third-order valence-corrected chi connectivity index (χ3v) is 3.86. The van der Waals surface area contributed by atoms with Crippen molar-refractivity contribution in [2.24, 2.45) is 0 Å². The Kier molecular flexibility index (Phi) is 4.25. The zero-order valence-electron chi connectivity index (χ0n) is 10.3. The highest BCUT2D eigenvalue weighted by atomic mass is 32.2. The van der Waals surface area contributed by atoms with Crippen molar-refractivity contribution in [2.45, 2.75) is 19.9 Å². The van der Waals surface area contributed by atoms with Gasteiger partial charge in [0.25, 0.3) is 5.69 Å². The largest absolute Gasteiger partial charge is 0.347 e. The van der Waals surface area contributed by atoms with Gasteiger partial charge in [0.2, 0.25) is 0 Å². The smallest absolute Gasteiger partial charge is 0.278 e. The summed E-state index contributed by atoms with van der Waals surface area (Å²) >= 11 is 1.92. The monoisotopic (exact) mass is 264 g/mol. The average molecular weight is 264 g/mol. The SMILES string of the molecule is CCSCCCn1ccc2c([N+](=O)[O-])cccc21. The molecule has 2 aromatic rings. The Bertz CT molecular complexity index is 551. The summed E-state index contributed by atoms with van der Waals surface area (Å²) < 4.78 is 2.10. The van der Waals surface area contributed by atoms with Gasteiger partial charge in [-0.2, -0.15) is 11.8 Å². The van der Waals surface area contributed by atoms with Gasteiger partial charge in [-0.25, -0.2) is 0 Å². The number of aromatic nitrogens is 1. The van der Waals surface area contributed by atoms with Crippen LogP contribution in [0.2, 0.25) is 0 Å². The first kappa shape index (κ1) is 13.0. The summed E-state index contributed by atoms with van der Waals surface area (Å²) in [6, 6.07) is 7.08. The number of nitrogens with zero attached hydrogens (tertiary/aromatic N) is 2. The van der Waals surface area contributed by atoms with Crippen LogP contribution in [0.1, 0.15) is 13.3 Å². The van der Waals surface area contributed by atoms with Gasteiger partial charge < -0.3 is 4.57 Å². The zero-order chi connectivity index (χ0) is 13.0. The molecule has 0 spiro atoms. The topological polar surface area (TPSA) is 48.1 Å².